The molecular formula is C25H29FN2O4. The summed E-state index contributed by atoms with van der Waals surface area (Å²) in [4.78, 5) is 15.6. The first kappa shape index (κ1) is 23.5. The van der Waals surface area contributed by atoms with Crippen LogP contribution in [-0.4, -0.2) is 29.2 Å². The van der Waals surface area contributed by atoms with E-state index in [1.165, 1.54) is 12.1 Å². The lowest BCUT2D eigenvalue weighted by Gasteiger charge is -2.20. The SMILES string of the molecule is CCc1ncc(CNC(Cc2ccc(-c3cc(F)ccc3OC)cc2)CC(C)C(=O)O)o1. The summed E-state index contributed by atoms with van der Waals surface area (Å²) in [5, 5.41) is 12.8. The number of aromatic nitrogens is 1. The molecular weight excluding hydrogens is 411 g/mol. The number of carbonyl (C=O) groups is 1. The number of halogens is 1. The lowest BCUT2D eigenvalue weighted by atomic mass is 9.94. The molecule has 6 nitrogen and oxygen atoms in total. The Kier molecular flexibility index (Phi) is 8.00. The molecule has 3 rings (SSSR count). The van der Waals surface area contributed by atoms with E-state index in [4.69, 9.17) is 9.15 Å². The Hall–Kier alpha value is -3.19. The molecule has 32 heavy (non-hydrogen) atoms. The number of carboxylic acids is 1. The molecule has 2 unspecified atom stereocenters. The average molecular weight is 441 g/mol. The Morgan fingerprint density at radius 3 is 2.62 bits per heavy atom. The van der Waals surface area contributed by atoms with Gasteiger partial charge in [0.05, 0.1) is 25.8 Å². The van der Waals surface area contributed by atoms with Crippen molar-refractivity contribution in [1.82, 2.24) is 10.3 Å². The van der Waals surface area contributed by atoms with Gasteiger partial charge in [0.25, 0.3) is 0 Å². The van der Waals surface area contributed by atoms with Crippen LogP contribution in [0.4, 0.5) is 4.39 Å². The Balaban J connectivity index is 1.73. The van der Waals surface area contributed by atoms with E-state index in [2.05, 4.69) is 10.3 Å². The highest BCUT2D eigenvalue weighted by Crippen LogP contribution is 2.31. The second kappa shape index (κ2) is 10.9. The summed E-state index contributed by atoms with van der Waals surface area (Å²) < 4.78 is 24.7. The van der Waals surface area contributed by atoms with Crippen LogP contribution >= 0.6 is 0 Å². The van der Waals surface area contributed by atoms with Crippen LogP contribution in [0.15, 0.2) is 53.1 Å². The second-order valence-electron chi connectivity index (χ2n) is 7.87. The number of hydrogen-bond acceptors (Lipinski definition) is 5. The number of nitrogens with zero attached hydrogens (tertiary/aromatic N) is 1. The molecule has 1 aromatic heterocycles. The van der Waals surface area contributed by atoms with Crippen LogP contribution in [-0.2, 0) is 24.2 Å². The van der Waals surface area contributed by atoms with E-state index in [9.17, 15) is 14.3 Å². The lowest BCUT2D eigenvalue weighted by Crippen LogP contribution is -2.34. The van der Waals surface area contributed by atoms with Crippen molar-refractivity contribution in [1.29, 1.82) is 0 Å². The molecule has 0 saturated heterocycles. The predicted molar refractivity (Wildman–Crippen MR) is 120 cm³/mol. The number of oxazole rings is 1. The molecule has 0 aliphatic rings. The van der Waals surface area contributed by atoms with Crippen LogP contribution in [0.1, 0.15) is 37.5 Å². The van der Waals surface area contributed by atoms with Gasteiger partial charge in [-0.1, -0.05) is 38.1 Å². The fourth-order valence-corrected chi connectivity index (χ4v) is 3.62. The van der Waals surface area contributed by atoms with E-state index in [0.717, 1.165) is 23.3 Å². The zero-order valence-corrected chi connectivity index (χ0v) is 18.6. The van der Waals surface area contributed by atoms with Gasteiger partial charge in [0.2, 0.25) is 0 Å². The van der Waals surface area contributed by atoms with Crippen LogP contribution in [0, 0.1) is 11.7 Å². The number of benzene rings is 2. The molecule has 2 aromatic carbocycles. The molecule has 0 fully saturated rings. The van der Waals surface area contributed by atoms with E-state index < -0.39 is 11.9 Å². The highest BCUT2D eigenvalue weighted by atomic mass is 19.1. The van der Waals surface area contributed by atoms with E-state index in [1.807, 2.05) is 31.2 Å². The number of carboxylic acid groups (broad SMARTS) is 1. The topological polar surface area (TPSA) is 84.6 Å². The zero-order chi connectivity index (χ0) is 23.1. The van der Waals surface area contributed by atoms with Gasteiger partial charge in [-0.25, -0.2) is 9.37 Å². The zero-order valence-electron chi connectivity index (χ0n) is 18.6. The predicted octanol–water partition coefficient (Wildman–Crippen LogP) is 4.86. The number of aliphatic carboxylic acids is 1. The fraction of sp³-hybridized carbons (Fsp3) is 0.360. The number of rotatable bonds is 11. The summed E-state index contributed by atoms with van der Waals surface area (Å²) in [5.74, 6) is 0.384. The minimum Gasteiger partial charge on any atom is -0.496 e. The summed E-state index contributed by atoms with van der Waals surface area (Å²) in [7, 11) is 1.56. The molecule has 7 heteroatoms. The maximum Gasteiger partial charge on any atom is 0.306 e. The third-order valence-corrected chi connectivity index (χ3v) is 5.44. The first-order chi connectivity index (χ1) is 15.4. The molecule has 2 atom stereocenters. The Bertz CT molecular complexity index is 1030. The monoisotopic (exact) mass is 440 g/mol. The molecule has 0 radical (unpaired) electrons. The Labute approximate surface area is 187 Å². The average Bonchev–Trinajstić information content (AvgIpc) is 3.26. The smallest absolute Gasteiger partial charge is 0.306 e. The Morgan fingerprint density at radius 2 is 2.00 bits per heavy atom. The van der Waals surface area contributed by atoms with Crippen LogP contribution in [0.25, 0.3) is 11.1 Å². The third-order valence-electron chi connectivity index (χ3n) is 5.44. The number of aryl methyl sites for hydroxylation is 1. The minimum atomic E-state index is -0.821. The van der Waals surface area contributed by atoms with Gasteiger partial charge in [-0.2, -0.15) is 0 Å². The number of nitrogens with one attached hydrogen (secondary N) is 1. The van der Waals surface area contributed by atoms with Gasteiger partial charge in [0, 0.05) is 18.0 Å². The molecule has 1 heterocycles. The van der Waals surface area contributed by atoms with Crippen LogP contribution in [0.3, 0.4) is 0 Å². The van der Waals surface area contributed by atoms with Crippen molar-refractivity contribution in [2.75, 3.05) is 7.11 Å². The molecule has 3 aromatic rings. The van der Waals surface area contributed by atoms with Gasteiger partial charge in [0.1, 0.15) is 17.3 Å². The van der Waals surface area contributed by atoms with Gasteiger partial charge in [-0.3, -0.25) is 4.79 Å². The standard InChI is InChI=1S/C25H29FN2O4/c1-4-24-28-15-21(32-24)14-27-20(11-16(2)25(29)30)12-17-5-7-18(8-6-17)22-13-19(26)9-10-23(22)31-3/h5-10,13,15-16,20,27H,4,11-12,14H2,1-3H3,(H,29,30). The van der Waals surface area contributed by atoms with Gasteiger partial charge in [-0.15, -0.1) is 0 Å². The van der Waals surface area contributed by atoms with E-state index in [1.54, 1.807) is 26.3 Å². The summed E-state index contributed by atoms with van der Waals surface area (Å²) in [6.45, 7) is 4.16. The van der Waals surface area contributed by atoms with Crippen molar-refractivity contribution < 1.29 is 23.4 Å². The third kappa shape index (κ3) is 6.17. The van der Waals surface area contributed by atoms with Crippen molar-refractivity contribution in [2.24, 2.45) is 5.92 Å². The number of methoxy groups -OCH3 is 1. The van der Waals surface area contributed by atoms with Crippen molar-refractivity contribution in [3.05, 3.63) is 71.7 Å². The quantitative estimate of drug-likeness (QED) is 0.443. The van der Waals surface area contributed by atoms with Crippen molar-refractivity contribution in [3.63, 3.8) is 0 Å². The first-order valence-corrected chi connectivity index (χ1v) is 10.7. The highest BCUT2D eigenvalue weighted by molar-refractivity contribution is 5.71. The molecule has 0 spiro atoms. The highest BCUT2D eigenvalue weighted by Gasteiger charge is 2.19. The van der Waals surface area contributed by atoms with Crippen molar-refractivity contribution in [3.8, 4) is 16.9 Å². The van der Waals surface area contributed by atoms with Gasteiger partial charge in [-0.05, 0) is 42.2 Å². The van der Waals surface area contributed by atoms with Gasteiger partial charge < -0.3 is 19.6 Å². The minimum absolute atomic E-state index is 0.0640. The van der Waals surface area contributed by atoms with E-state index in [-0.39, 0.29) is 11.9 Å². The Morgan fingerprint density at radius 1 is 1.25 bits per heavy atom. The molecule has 0 aliphatic carbocycles. The normalized spacial score (nSPS) is 13.0. The van der Waals surface area contributed by atoms with E-state index >= 15 is 0 Å². The summed E-state index contributed by atoms with van der Waals surface area (Å²) in [5.41, 5.74) is 2.58. The molecule has 170 valence electrons. The number of hydrogen-bond donors (Lipinski definition) is 2. The molecule has 2 N–H and O–H groups in total. The van der Waals surface area contributed by atoms with Crippen molar-refractivity contribution >= 4 is 5.97 Å². The fourth-order valence-electron chi connectivity index (χ4n) is 3.62. The maximum atomic E-state index is 13.7. The molecule has 0 amide bonds. The van der Waals surface area contributed by atoms with E-state index in [0.29, 0.717) is 36.6 Å². The van der Waals surface area contributed by atoms with Crippen LogP contribution in [0.5, 0.6) is 5.75 Å². The van der Waals surface area contributed by atoms with Crippen molar-refractivity contribution in [2.45, 2.75) is 45.7 Å². The first-order valence-electron chi connectivity index (χ1n) is 10.7. The summed E-state index contributed by atoms with van der Waals surface area (Å²) in [6.07, 6.45) is 3.54. The summed E-state index contributed by atoms with van der Waals surface area (Å²) >= 11 is 0. The largest absolute Gasteiger partial charge is 0.496 e. The van der Waals surface area contributed by atoms with Gasteiger partial charge in [0.15, 0.2) is 5.89 Å². The molecule has 0 aliphatic heterocycles. The molecule has 0 bridgehead atoms. The maximum absolute atomic E-state index is 13.7. The van der Waals surface area contributed by atoms with Crippen LogP contribution in [0.2, 0.25) is 0 Å². The summed E-state index contributed by atoms with van der Waals surface area (Å²) in [6, 6.07) is 12.2. The number of ether oxygens (including phenoxy) is 1. The lowest BCUT2D eigenvalue weighted by molar-refractivity contribution is -0.141. The second-order valence-corrected chi connectivity index (χ2v) is 7.87. The van der Waals surface area contributed by atoms with Gasteiger partial charge >= 0.3 is 5.97 Å². The van der Waals surface area contributed by atoms with Crippen LogP contribution < -0.4 is 10.1 Å². The molecule has 0 saturated carbocycles.